The molecule has 0 saturated carbocycles. The van der Waals surface area contributed by atoms with Crippen LogP contribution < -0.4 is 11.2 Å². The van der Waals surface area contributed by atoms with Gasteiger partial charge in [0.05, 0.1) is 6.33 Å². The van der Waals surface area contributed by atoms with Crippen LogP contribution in [-0.2, 0) is 24.9 Å². The molecule has 7 nitrogen and oxygen atoms in total. The molecule has 0 saturated heterocycles. The molecule has 0 amide bonds. The number of benzene rings is 1. The molecule has 0 atom stereocenters. The molecule has 1 N–H and O–H groups in total. The van der Waals surface area contributed by atoms with Gasteiger partial charge in [-0.1, -0.05) is 30.3 Å². The van der Waals surface area contributed by atoms with Crippen LogP contribution in [0.4, 0.5) is 0 Å². The predicted molar refractivity (Wildman–Crippen MR) is 86.3 cm³/mol. The molecule has 120 valence electrons. The van der Waals surface area contributed by atoms with Crippen molar-refractivity contribution in [2.45, 2.75) is 19.6 Å². The number of hydrogen-bond acceptors (Lipinski definition) is 4. The maximum Gasteiger partial charge on any atom is 0.329 e. The molecule has 0 aliphatic carbocycles. The SMILES string of the molecule is Cn1c(=O)[nH]c(=O)c2c1ncn2COCCCc1ccccc1. The summed E-state index contributed by atoms with van der Waals surface area (Å²) < 4.78 is 8.53. The van der Waals surface area contributed by atoms with Crippen LogP contribution in [0.25, 0.3) is 11.2 Å². The largest absolute Gasteiger partial charge is 0.361 e. The number of H-pyrrole nitrogens is 1. The summed E-state index contributed by atoms with van der Waals surface area (Å²) in [6.07, 6.45) is 3.35. The maximum absolute atomic E-state index is 11.9. The molecule has 0 bridgehead atoms. The highest BCUT2D eigenvalue weighted by molar-refractivity contribution is 5.69. The minimum atomic E-state index is -0.475. The Balaban J connectivity index is 1.61. The molecule has 2 heterocycles. The van der Waals surface area contributed by atoms with E-state index in [0.717, 1.165) is 12.8 Å². The molecule has 23 heavy (non-hydrogen) atoms. The molecule has 2 aromatic heterocycles. The van der Waals surface area contributed by atoms with Crippen LogP contribution in [0, 0.1) is 0 Å². The van der Waals surface area contributed by atoms with Crippen LogP contribution in [0.1, 0.15) is 12.0 Å². The number of imidazole rings is 1. The van der Waals surface area contributed by atoms with E-state index in [2.05, 4.69) is 22.1 Å². The Labute approximate surface area is 132 Å². The van der Waals surface area contributed by atoms with Gasteiger partial charge in [0, 0.05) is 13.7 Å². The standard InChI is InChI=1S/C16H18N4O3/c1-19-14-13(15(21)18-16(19)22)20(10-17-14)11-23-9-5-8-12-6-3-2-4-7-12/h2-4,6-7,10H,5,8-9,11H2,1H3,(H,18,21,22). The first-order valence-electron chi connectivity index (χ1n) is 7.42. The third kappa shape index (κ3) is 3.24. The van der Waals surface area contributed by atoms with Crippen molar-refractivity contribution < 1.29 is 4.74 Å². The second-order valence-corrected chi connectivity index (χ2v) is 5.33. The molecule has 0 unspecified atom stereocenters. The van der Waals surface area contributed by atoms with E-state index in [1.165, 1.54) is 16.5 Å². The van der Waals surface area contributed by atoms with E-state index in [4.69, 9.17) is 4.74 Å². The van der Waals surface area contributed by atoms with Gasteiger partial charge < -0.3 is 9.30 Å². The van der Waals surface area contributed by atoms with Crippen molar-refractivity contribution in [2.24, 2.45) is 7.05 Å². The van der Waals surface area contributed by atoms with E-state index in [1.807, 2.05) is 18.2 Å². The lowest BCUT2D eigenvalue weighted by Crippen LogP contribution is -2.29. The topological polar surface area (TPSA) is 81.9 Å². The third-order valence-corrected chi connectivity index (χ3v) is 3.70. The number of ether oxygens (including phenoxy) is 1. The van der Waals surface area contributed by atoms with Crippen molar-refractivity contribution in [1.82, 2.24) is 19.1 Å². The third-order valence-electron chi connectivity index (χ3n) is 3.70. The van der Waals surface area contributed by atoms with E-state index in [-0.39, 0.29) is 6.73 Å². The number of aromatic amines is 1. The van der Waals surface area contributed by atoms with Gasteiger partial charge in [0.2, 0.25) is 0 Å². The van der Waals surface area contributed by atoms with Crippen LogP contribution in [0.5, 0.6) is 0 Å². The highest BCUT2D eigenvalue weighted by Gasteiger charge is 2.11. The Bertz CT molecular complexity index is 908. The Kier molecular flexibility index (Phi) is 4.38. The molecule has 0 aliphatic rings. The first-order valence-corrected chi connectivity index (χ1v) is 7.42. The first kappa shape index (κ1) is 15.2. The molecule has 7 heteroatoms. The van der Waals surface area contributed by atoms with Gasteiger partial charge in [0.1, 0.15) is 6.73 Å². The van der Waals surface area contributed by atoms with E-state index < -0.39 is 11.2 Å². The quantitative estimate of drug-likeness (QED) is 0.689. The van der Waals surface area contributed by atoms with E-state index in [9.17, 15) is 9.59 Å². The van der Waals surface area contributed by atoms with Gasteiger partial charge in [-0.15, -0.1) is 0 Å². The number of nitrogens with one attached hydrogen (secondary N) is 1. The summed E-state index contributed by atoms with van der Waals surface area (Å²) in [6, 6.07) is 10.2. The average Bonchev–Trinajstić information content (AvgIpc) is 2.98. The number of aryl methyl sites for hydroxylation is 2. The number of nitrogens with zero attached hydrogens (tertiary/aromatic N) is 3. The summed E-state index contributed by atoms with van der Waals surface area (Å²) in [5, 5.41) is 0. The lowest BCUT2D eigenvalue weighted by atomic mass is 10.1. The summed E-state index contributed by atoms with van der Waals surface area (Å²) in [7, 11) is 1.57. The molecular formula is C16H18N4O3. The lowest BCUT2D eigenvalue weighted by Gasteiger charge is -2.06. The lowest BCUT2D eigenvalue weighted by molar-refractivity contribution is 0.0777. The predicted octanol–water partition coefficient (Wildman–Crippen LogP) is 1.03. The van der Waals surface area contributed by atoms with E-state index in [0.29, 0.717) is 17.8 Å². The van der Waals surface area contributed by atoms with Crippen molar-refractivity contribution in [3.63, 3.8) is 0 Å². The van der Waals surface area contributed by atoms with Crippen LogP contribution in [-0.4, -0.2) is 25.7 Å². The maximum atomic E-state index is 11.9. The van der Waals surface area contributed by atoms with Crippen molar-refractivity contribution in [3.8, 4) is 0 Å². The molecule has 1 aromatic carbocycles. The normalized spacial score (nSPS) is 11.2. The second-order valence-electron chi connectivity index (χ2n) is 5.33. The van der Waals surface area contributed by atoms with Gasteiger partial charge in [0.15, 0.2) is 11.2 Å². The molecular weight excluding hydrogens is 296 g/mol. The van der Waals surface area contributed by atoms with Gasteiger partial charge in [-0.05, 0) is 18.4 Å². The van der Waals surface area contributed by atoms with Gasteiger partial charge in [-0.25, -0.2) is 9.78 Å². The molecule has 0 aliphatic heterocycles. The summed E-state index contributed by atoms with van der Waals surface area (Å²) in [5.74, 6) is 0. The molecule has 0 spiro atoms. The number of aromatic nitrogens is 4. The summed E-state index contributed by atoms with van der Waals surface area (Å²) >= 11 is 0. The van der Waals surface area contributed by atoms with Gasteiger partial charge >= 0.3 is 5.69 Å². The van der Waals surface area contributed by atoms with Crippen LogP contribution >= 0.6 is 0 Å². The molecule has 0 fully saturated rings. The monoisotopic (exact) mass is 314 g/mol. The Hall–Kier alpha value is -2.67. The number of fused-ring (bicyclic) bond motifs is 1. The van der Waals surface area contributed by atoms with Gasteiger partial charge in [-0.2, -0.15) is 0 Å². The minimum Gasteiger partial charge on any atom is -0.361 e. The average molecular weight is 314 g/mol. The number of rotatable bonds is 6. The fourth-order valence-electron chi connectivity index (χ4n) is 2.47. The highest BCUT2D eigenvalue weighted by Crippen LogP contribution is 2.06. The zero-order chi connectivity index (χ0) is 16.2. The highest BCUT2D eigenvalue weighted by atomic mass is 16.5. The Morgan fingerprint density at radius 3 is 2.78 bits per heavy atom. The number of hydrogen-bond donors (Lipinski definition) is 1. The summed E-state index contributed by atoms with van der Waals surface area (Å²) in [6.45, 7) is 0.810. The van der Waals surface area contributed by atoms with Gasteiger partial charge in [0.25, 0.3) is 5.56 Å². The minimum absolute atomic E-state index is 0.229. The zero-order valence-electron chi connectivity index (χ0n) is 12.9. The van der Waals surface area contributed by atoms with Crippen LogP contribution in [0.15, 0.2) is 46.2 Å². The van der Waals surface area contributed by atoms with Crippen molar-refractivity contribution in [3.05, 3.63) is 63.1 Å². The second kappa shape index (κ2) is 6.62. The van der Waals surface area contributed by atoms with Crippen LogP contribution in [0.2, 0.25) is 0 Å². The van der Waals surface area contributed by atoms with E-state index in [1.54, 1.807) is 11.6 Å². The molecule has 3 rings (SSSR count). The molecule has 0 radical (unpaired) electrons. The van der Waals surface area contributed by atoms with Crippen LogP contribution in [0.3, 0.4) is 0 Å². The Morgan fingerprint density at radius 2 is 2.00 bits per heavy atom. The smallest absolute Gasteiger partial charge is 0.329 e. The summed E-state index contributed by atoms with van der Waals surface area (Å²) in [5.41, 5.74) is 1.04. The van der Waals surface area contributed by atoms with E-state index >= 15 is 0 Å². The van der Waals surface area contributed by atoms with Gasteiger partial charge in [-0.3, -0.25) is 14.3 Å². The molecule has 3 aromatic rings. The van der Waals surface area contributed by atoms with Crippen molar-refractivity contribution >= 4 is 11.2 Å². The fraction of sp³-hybridized carbons (Fsp3) is 0.312. The van der Waals surface area contributed by atoms with Crippen molar-refractivity contribution in [2.75, 3.05) is 6.61 Å². The first-order chi connectivity index (χ1) is 11.2. The zero-order valence-corrected chi connectivity index (χ0v) is 12.9. The summed E-state index contributed by atoms with van der Waals surface area (Å²) in [4.78, 5) is 29.8. The van der Waals surface area contributed by atoms with Crippen molar-refractivity contribution in [1.29, 1.82) is 0 Å². The fourth-order valence-corrected chi connectivity index (χ4v) is 2.47. The Morgan fingerprint density at radius 1 is 1.22 bits per heavy atom.